The first-order chi connectivity index (χ1) is 8.36. The van der Waals surface area contributed by atoms with Crippen LogP contribution in [0.2, 0.25) is 0 Å². The van der Waals surface area contributed by atoms with Crippen molar-refractivity contribution in [3.8, 4) is 0 Å². The summed E-state index contributed by atoms with van der Waals surface area (Å²) in [5, 5.41) is 4.95. The molecular weight excluding hydrogens is 210 g/mol. The molecule has 2 aromatic rings. The van der Waals surface area contributed by atoms with Crippen LogP contribution in [0.5, 0.6) is 0 Å². The van der Waals surface area contributed by atoms with E-state index in [9.17, 15) is 0 Å². The fourth-order valence-corrected chi connectivity index (χ4v) is 3.34. The highest BCUT2D eigenvalue weighted by atomic mass is 15.2. The quantitative estimate of drug-likeness (QED) is 0.739. The van der Waals surface area contributed by atoms with Crippen LogP contribution in [0.1, 0.15) is 11.3 Å². The van der Waals surface area contributed by atoms with E-state index in [1.807, 2.05) is 0 Å². The number of hydrogen-bond acceptors (Lipinski definition) is 2. The molecule has 2 aliphatic rings. The average molecular weight is 227 g/mol. The van der Waals surface area contributed by atoms with Crippen LogP contribution in [0.3, 0.4) is 0 Å². The van der Waals surface area contributed by atoms with Crippen molar-refractivity contribution < 1.29 is 0 Å². The summed E-state index contributed by atoms with van der Waals surface area (Å²) < 4.78 is 2.56. The van der Waals surface area contributed by atoms with Crippen molar-refractivity contribution in [2.24, 2.45) is 0 Å². The van der Waals surface area contributed by atoms with E-state index in [1.165, 1.54) is 28.6 Å². The summed E-state index contributed by atoms with van der Waals surface area (Å²) in [5.41, 5.74) is 5.95. The first-order valence-electron chi connectivity index (χ1n) is 6.41. The van der Waals surface area contributed by atoms with Gasteiger partial charge in [0.1, 0.15) is 0 Å². The number of fused-ring (bicyclic) bond motifs is 3. The van der Waals surface area contributed by atoms with Gasteiger partial charge in [-0.3, -0.25) is 0 Å². The maximum Gasteiger partial charge on any atom is 0.0724 e. The second-order valence-electron chi connectivity index (χ2n) is 5.10. The predicted octanol–water partition coefficient (Wildman–Crippen LogP) is 1.74. The van der Waals surface area contributed by atoms with Gasteiger partial charge < -0.3 is 14.8 Å². The van der Waals surface area contributed by atoms with Gasteiger partial charge in [0.15, 0.2) is 0 Å². The van der Waals surface area contributed by atoms with Crippen LogP contribution in [-0.4, -0.2) is 24.7 Å². The summed E-state index contributed by atoms with van der Waals surface area (Å²) in [6.45, 7) is 4.42. The Hall–Kier alpha value is -1.48. The fraction of sp³-hybridized carbons (Fsp3) is 0.429. The zero-order valence-electron chi connectivity index (χ0n) is 10.2. The van der Waals surface area contributed by atoms with Gasteiger partial charge in [-0.15, -0.1) is 0 Å². The number of rotatable bonds is 0. The number of nitrogens with one attached hydrogen (secondary N) is 1. The summed E-state index contributed by atoms with van der Waals surface area (Å²) in [5.74, 6) is 0. The predicted molar refractivity (Wildman–Crippen MR) is 70.6 cm³/mol. The van der Waals surface area contributed by atoms with E-state index < -0.39 is 0 Å². The van der Waals surface area contributed by atoms with Crippen LogP contribution >= 0.6 is 0 Å². The van der Waals surface area contributed by atoms with Crippen LogP contribution in [-0.2, 0) is 19.5 Å². The third-order valence-electron chi connectivity index (χ3n) is 4.19. The van der Waals surface area contributed by atoms with Gasteiger partial charge in [0.05, 0.1) is 11.2 Å². The maximum absolute atomic E-state index is 3.49. The smallest absolute Gasteiger partial charge is 0.0724 e. The molecule has 0 fully saturated rings. The Balaban J connectivity index is 2.14. The van der Waals surface area contributed by atoms with Gasteiger partial charge in [0.25, 0.3) is 0 Å². The van der Waals surface area contributed by atoms with Gasteiger partial charge >= 0.3 is 0 Å². The highest BCUT2D eigenvalue weighted by Gasteiger charge is 2.24. The van der Waals surface area contributed by atoms with Crippen molar-refractivity contribution >= 4 is 16.6 Å². The number of hydrogen-bond donors (Lipinski definition) is 1. The number of likely N-dealkylation sites (N-methyl/N-ethyl adjacent to an activating group) is 1. The van der Waals surface area contributed by atoms with Crippen LogP contribution in [0.25, 0.3) is 10.9 Å². The molecule has 0 bridgehead atoms. The van der Waals surface area contributed by atoms with Crippen LogP contribution in [0, 0.1) is 0 Å². The Kier molecular flexibility index (Phi) is 1.83. The highest BCUT2D eigenvalue weighted by Crippen LogP contribution is 2.36. The van der Waals surface area contributed by atoms with E-state index in [0.717, 1.165) is 26.2 Å². The molecule has 0 saturated carbocycles. The third kappa shape index (κ3) is 1.15. The van der Waals surface area contributed by atoms with E-state index in [1.54, 1.807) is 5.69 Å². The van der Waals surface area contributed by atoms with Crippen molar-refractivity contribution in [1.29, 1.82) is 0 Å². The molecule has 0 radical (unpaired) electrons. The molecule has 0 saturated heterocycles. The molecule has 3 heteroatoms. The number of anilines is 1. The standard InChI is InChI=1S/C14H17N3/c1-16-7-8-17-12-5-6-15-9-11(12)10-3-2-4-13(16)14(10)17/h2-4,15H,5-9H2,1H3. The molecule has 0 atom stereocenters. The molecule has 3 nitrogen and oxygen atoms in total. The van der Waals surface area contributed by atoms with Gasteiger partial charge in [-0.2, -0.15) is 0 Å². The van der Waals surface area contributed by atoms with Gasteiger partial charge in [-0.05, 0) is 11.6 Å². The Morgan fingerprint density at radius 3 is 3.12 bits per heavy atom. The lowest BCUT2D eigenvalue weighted by atomic mass is 10.1. The monoisotopic (exact) mass is 227 g/mol. The van der Waals surface area contributed by atoms with E-state index in [4.69, 9.17) is 0 Å². The fourth-order valence-electron chi connectivity index (χ4n) is 3.34. The normalized spacial score (nSPS) is 18.5. The summed E-state index contributed by atoms with van der Waals surface area (Å²) in [7, 11) is 2.20. The molecule has 0 aliphatic carbocycles. The summed E-state index contributed by atoms with van der Waals surface area (Å²) in [6.07, 6.45) is 1.17. The lowest BCUT2D eigenvalue weighted by Crippen LogP contribution is -2.30. The van der Waals surface area contributed by atoms with Crippen molar-refractivity contribution in [1.82, 2.24) is 9.88 Å². The molecule has 4 rings (SSSR count). The Bertz CT molecular complexity index is 597. The number of nitrogens with zero attached hydrogens (tertiary/aromatic N) is 2. The van der Waals surface area contributed by atoms with E-state index in [-0.39, 0.29) is 0 Å². The Morgan fingerprint density at radius 1 is 1.24 bits per heavy atom. The molecule has 1 aromatic carbocycles. The second kappa shape index (κ2) is 3.26. The van der Waals surface area contributed by atoms with Gasteiger partial charge in [0.2, 0.25) is 0 Å². The molecule has 1 N–H and O–H groups in total. The molecule has 0 amide bonds. The van der Waals surface area contributed by atoms with Crippen LogP contribution in [0.15, 0.2) is 18.2 Å². The van der Waals surface area contributed by atoms with Crippen molar-refractivity contribution in [3.63, 3.8) is 0 Å². The van der Waals surface area contributed by atoms with E-state index in [0.29, 0.717) is 0 Å². The highest BCUT2D eigenvalue weighted by molar-refractivity contribution is 5.96. The van der Waals surface area contributed by atoms with Crippen molar-refractivity contribution in [2.45, 2.75) is 19.5 Å². The topological polar surface area (TPSA) is 20.2 Å². The number of para-hydroxylation sites is 1. The zero-order chi connectivity index (χ0) is 11.4. The Morgan fingerprint density at radius 2 is 2.18 bits per heavy atom. The molecule has 0 spiro atoms. The minimum Gasteiger partial charge on any atom is -0.371 e. The molecular formula is C14H17N3. The summed E-state index contributed by atoms with van der Waals surface area (Å²) in [6, 6.07) is 6.72. The van der Waals surface area contributed by atoms with Crippen molar-refractivity contribution in [3.05, 3.63) is 29.5 Å². The third-order valence-corrected chi connectivity index (χ3v) is 4.19. The van der Waals surface area contributed by atoms with Gasteiger partial charge in [-0.25, -0.2) is 0 Å². The largest absolute Gasteiger partial charge is 0.371 e. The molecule has 2 aliphatic heterocycles. The molecule has 1 aromatic heterocycles. The van der Waals surface area contributed by atoms with E-state index in [2.05, 4.69) is 40.0 Å². The molecule has 17 heavy (non-hydrogen) atoms. The summed E-state index contributed by atoms with van der Waals surface area (Å²) >= 11 is 0. The number of aromatic nitrogens is 1. The minimum absolute atomic E-state index is 1.03. The van der Waals surface area contributed by atoms with E-state index >= 15 is 0 Å². The van der Waals surface area contributed by atoms with Crippen LogP contribution in [0.4, 0.5) is 5.69 Å². The minimum atomic E-state index is 1.03. The Labute approximate surface area is 101 Å². The van der Waals surface area contributed by atoms with Crippen molar-refractivity contribution in [2.75, 3.05) is 25.0 Å². The SMILES string of the molecule is CN1CCn2c3c(c4cccc1c42)CNCC3. The summed E-state index contributed by atoms with van der Waals surface area (Å²) in [4.78, 5) is 2.38. The second-order valence-corrected chi connectivity index (χ2v) is 5.10. The van der Waals surface area contributed by atoms with Gasteiger partial charge in [-0.1, -0.05) is 12.1 Å². The molecule has 0 unspecified atom stereocenters. The zero-order valence-corrected chi connectivity index (χ0v) is 10.2. The van der Waals surface area contributed by atoms with Gasteiger partial charge in [0, 0.05) is 50.7 Å². The lowest BCUT2D eigenvalue weighted by Gasteiger charge is -2.28. The lowest BCUT2D eigenvalue weighted by molar-refractivity contribution is 0.588. The number of benzene rings is 1. The maximum atomic E-state index is 3.49. The first-order valence-corrected chi connectivity index (χ1v) is 6.41. The van der Waals surface area contributed by atoms with Crippen LogP contribution < -0.4 is 10.2 Å². The first kappa shape index (κ1) is 9.54. The molecule has 88 valence electrons. The average Bonchev–Trinajstić information content (AvgIpc) is 2.70. The molecule has 3 heterocycles.